The highest BCUT2D eigenvalue weighted by atomic mass is 16.2. The van der Waals surface area contributed by atoms with Crippen molar-refractivity contribution in [1.29, 1.82) is 0 Å². The molecule has 3 heteroatoms. The molecule has 3 aliphatic rings. The molecule has 0 aromatic heterocycles. The smallest absolute Gasteiger partial charge is 0.225 e. The Morgan fingerprint density at radius 3 is 2.45 bits per heavy atom. The van der Waals surface area contributed by atoms with E-state index >= 15 is 0 Å². The lowest BCUT2D eigenvalue weighted by Crippen LogP contribution is -2.35. The van der Waals surface area contributed by atoms with Gasteiger partial charge in [-0.3, -0.25) is 4.79 Å². The molecule has 2 heterocycles. The molecule has 31 heavy (non-hydrogen) atoms. The number of rotatable bonds is 5. The zero-order valence-corrected chi connectivity index (χ0v) is 19.1. The van der Waals surface area contributed by atoms with E-state index in [2.05, 4.69) is 66.1 Å². The van der Waals surface area contributed by atoms with Crippen LogP contribution in [0.3, 0.4) is 0 Å². The zero-order valence-electron chi connectivity index (χ0n) is 19.1. The summed E-state index contributed by atoms with van der Waals surface area (Å²) in [5.74, 6) is 1.09. The van der Waals surface area contributed by atoms with Crippen LogP contribution in [0.15, 0.2) is 42.5 Å². The van der Waals surface area contributed by atoms with Gasteiger partial charge in [0.05, 0.1) is 0 Å². The van der Waals surface area contributed by atoms with Gasteiger partial charge in [0.1, 0.15) is 0 Å². The molecule has 1 aliphatic carbocycles. The predicted molar refractivity (Wildman–Crippen MR) is 127 cm³/mol. The number of carbonyl (C=O) groups excluding carboxylic acids is 1. The second-order valence-corrected chi connectivity index (χ2v) is 10.1. The summed E-state index contributed by atoms with van der Waals surface area (Å²) in [6.45, 7) is 8.80. The number of fused-ring (bicyclic) bond motifs is 1. The highest BCUT2D eigenvalue weighted by Crippen LogP contribution is 2.35. The molecule has 2 atom stereocenters. The van der Waals surface area contributed by atoms with E-state index in [0.717, 1.165) is 44.8 Å². The number of likely N-dealkylation sites (tertiary alicyclic amines) is 1. The molecule has 0 spiro atoms. The van der Waals surface area contributed by atoms with Crippen molar-refractivity contribution in [2.75, 3.05) is 26.2 Å². The largest absolute Gasteiger partial charge is 0.342 e. The lowest BCUT2D eigenvalue weighted by molar-refractivity contribution is -0.132. The van der Waals surface area contributed by atoms with Crippen molar-refractivity contribution in [3.63, 3.8) is 0 Å². The lowest BCUT2D eigenvalue weighted by Gasteiger charge is -2.23. The van der Waals surface area contributed by atoms with Gasteiger partial charge in [-0.15, -0.1) is 0 Å². The number of benzene rings is 2. The maximum atomic E-state index is 12.6. The molecular formula is C28H36N2O. The molecule has 0 radical (unpaired) electrons. The highest BCUT2D eigenvalue weighted by Gasteiger charge is 2.35. The van der Waals surface area contributed by atoms with E-state index in [1.807, 2.05) is 0 Å². The van der Waals surface area contributed by atoms with Gasteiger partial charge in [-0.05, 0) is 85.7 Å². The zero-order chi connectivity index (χ0) is 21.4. The van der Waals surface area contributed by atoms with Crippen LogP contribution in [0.4, 0.5) is 0 Å². The maximum Gasteiger partial charge on any atom is 0.225 e. The summed E-state index contributed by atoms with van der Waals surface area (Å²) in [5, 5.41) is 0. The monoisotopic (exact) mass is 416 g/mol. The standard InChI is InChI=1S/C28H36N2O/c1-20-19-30(28(31)25-10-11-25)17-14-24-9-12-26(18-27(20)24)23-7-5-22(6-8-23)13-16-29-15-3-4-21(29)2/h5-9,12,18,20-21,25H,3-4,10-11,13-17,19H2,1-2H3/t20-,21?/m0/s1. The van der Waals surface area contributed by atoms with E-state index in [1.165, 1.54) is 53.7 Å². The summed E-state index contributed by atoms with van der Waals surface area (Å²) in [4.78, 5) is 17.4. The van der Waals surface area contributed by atoms with Crippen LogP contribution in [0.5, 0.6) is 0 Å². The fourth-order valence-corrected chi connectivity index (χ4v) is 5.49. The average molecular weight is 417 g/mol. The first kappa shape index (κ1) is 20.8. The van der Waals surface area contributed by atoms with Crippen LogP contribution in [0.2, 0.25) is 0 Å². The van der Waals surface area contributed by atoms with E-state index in [9.17, 15) is 4.79 Å². The first-order valence-corrected chi connectivity index (χ1v) is 12.3. The first-order valence-electron chi connectivity index (χ1n) is 12.3. The molecule has 1 amide bonds. The topological polar surface area (TPSA) is 23.6 Å². The summed E-state index contributed by atoms with van der Waals surface area (Å²) in [7, 11) is 0. The van der Waals surface area contributed by atoms with Crippen molar-refractivity contribution in [2.24, 2.45) is 5.92 Å². The summed E-state index contributed by atoms with van der Waals surface area (Å²) in [6, 6.07) is 16.9. The van der Waals surface area contributed by atoms with Crippen LogP contribution in [-0.2, 0) is 17.6 Å². The van der Waals surface area contributed by atoms with Gasteiger partial charge in [-0.2, -0.15) is 0 Å². The van der Waals surface area contributed by atoms with E-state index < -0.39 is 0 Å². The number of carbonyl (C=O) groups is 1. The van der Waals surface area contributed by atoms with Crippen LogP contribution >= 0.6 is 0 Å². The Balaban J connectivity index is 1.27. The maximum absolute atomic E-state index is 12.6. The fourth-order valence-electron chi connectivity index (χ4n) is 5.49. The fraction of sp³-hybridized carbons (Fsp3) is 0.536. The van der Waals surface area contributed by atoms with Gasteiger partial charge >= 0.3 is 0 Å². The number of amides is 1. The Morgan fingerprint density at radius 1 is 0.968 bits per heavy atom. The molecule has 2 aromatic carbocycles. The Hall–Kier alpha value is -2.13. The van der Waals surface area contributed by atoms with Crippen LogP contribution in [0, 0.1) is 5.92 Å². The molecule has 1 saturated heterocycles. The molecule has 5 rings (SSSR count). The van der Waals surface area contributed by atoms with Crippen molar-refractivity contribution in [3.05, 3.63) is 59.2 Å². The third-order valence-corrected chi connectivity index (χ3v) is 7.73. The molecule has 1 unspecified atom stereocenters. The minimum atomic E-state index is 0.316. The Kier molecular flexibility index (Phi) is 5.88. The van der Waals surface area contributed by atoms with Gasteiger partial charge in [-0.1, -0.05) is 49.4 Å². The molecule has 2 fully saturated rings. The third kappa shape index (κ3) is 4.57. The molecule has 0 N–H and O–H groups in total. The lowest BCUT2D eigenvalue weighted by atomic mass is 9.91. The molecule has 1 saturated carbocycles. The molecule has 0 bridgehead atoms. The van der Waals surface area contributed by atoms with E-state index in [0.29, 0.717) is 17.7 Å². The summed E-state index contributed by atoms with van der Waals surface area (Å²) in [6.07, 6.45) is 7.00. The quantitative estimate of drug-likeness (QED) is 0.662. The molecule has 2 aliphatic heterocycles. The van der Waals surface area contributed by atoms with Gasteiger partial charge in [0.25, 0.3) is 0 Å². The Morgan fingerprint density at radius 2 is 1.74 bits per heavy atom. The summed E-state index contributed by atoms with van der Waals surface area (Å²) >= 11 is 0. The Bertz CT molecular complexity index is 931. The summed E-state index contributed by atoms with van der Waals surface area (Å²) in [5.41, 5.74) is 6.87. The first-order chi connectivity index (χ1) is 15.1. The van der Waals surface area contributed by atoms with Crippen LogP contribution in [0.1, 0.15) is 62.1 Å². The van der Waals surface area contributed by atoms with Crippen molar-refractivity contribution in [3.8, 4) is 11.1 Å². The summed E-state index contributed by atoms with van der Waals surface area (Å²) < 4.78 is 0. The predicted octanol–water partition coefficient (Wildman–Crippen LogP) is 5.28. The SMILES string of the molecule is CC1CCCN1CCc1ccc(-c2ccc3c(c2)[C@@H](C)CN(C(=O)C2CC2)CC3)cc1. The second kappa shape index (κ2) is 8.78. The van der Waals surface area contributed by atoms with Crippen LogP contribution in [0.25, 0.3) is 11.1 Å². The highest BCUT2D eigenvalue weighted by molar-refractivity contribution is 5.81. The van der Waals surface area contributed by atoms with Gasteiger partial charge in [0.2, 0.25) is 5.91 Å². The van der Waals surface area contributed by atoms with Gasteiger partial charge < -0.3 is 9.80 Å². The van der Waals surface area contributed by atoms with Crippen molar-refractivity contribution in [1.82, 2.24) is 9.80 Å². The number of hydrogen-bond donors (Lipinski definition) is 0. The van der Waals surface area contributed by atoms with Crippen LogP contribution in [-0.4, -0.2) is 47.9 Å². The van der Waals surface area contributed by atoms with Crippen molar-refractivity contribution in [2.45, 2.75) is 64.3 Å². The van der Waals surface area contributed by atoms with Crippen molar-refractivity contribution < 1.29 is 4.79 Å². The third-order valence-electron chi connectivity index (χ3n) is 7.73. The molecule has 2 aromatic rings. The molecule has 3 nitrogen and oxygen atoms in total. The number of hydrogen-bond acceptors (Lipinski definition) is 2. The average Bonchev–Trinajstić information content (AvgIpc) is 3.58. The minimum absolute atomic E-state index is 0.316. The van der Waals surface area contributed by atoms with Crippen molar-refractivity contribution >= 4 is 5.91 Å². The van der Waals surface area contributed by atoms with Crippen LogP contribution < -0.4 is 0 Å². The minimum Gasteiger partial charge on any atom is -0.342 e. The van der Waals surface area contributed by atoms with Gasteiger partial charge in [0.15, 0.2) is 0 Å². The Labute approximate surface area is 187 Å². The van der Waals surface area contributed by atoms with E-state index in [-0.39, 0.29) is 0 Å². The van der Waals surface area contributed by atoms with E-state index in [4.69, 9.17) is 0 Å². The second-order valence-electron chi connectivity index (χ2n) is 10.1. The van der Waals surface area contributed by atoms with Gasteiger partial charge in [0, 0.05) is 31.6 Å². The normalized spacial score (nSPS) is 24.1. The van der Waals surface area contributed by atoms with Gasteiger partial charge in [-0.25, -0.2) is 0 Å². The molecular weight excluding hydrogens is 380 g/mol. The van der Waals surface area contributed by atoms with E-state index in [1.54, 1.807) is 0 Å². The molecule has 164 valence electrons. The number of nitrogens with zero attached hydrogens (tertiary/aromatic N) is 2.